The minimum absolute atomic E-state index is 0.0712. The first-order valence-electron chi connectivity index (χ1n) is 9.42. The van der Waals surface area contributed by atoms with Gasteiger partial charge in [-0.3, -0.25) is 4.79 Å². The third-order valence-corrected chi connectivity index (χ3v) is 6.01. The molecule has 3 aliphatic carbocycles. The van der Waals surface area contributed by atoms with Gasteiger partial charge in [0.25, 0.3) is 0 Å². The maximum atomic E-state index is 12.8. The summed E-state index contributed by atoms with van der Waals surface area (Å²) in [4.78, 5) is 28.9. The molecule has 5 rings (SSSR count). The first-order valence-corrected chi connectivity index (χ1v) is 9.80. The predicted octanol–water partition coefficient (Wildman–Crippen LogP) is 3.19. The second-order valence-corrected chi connectivity index (χ2v) is 9.54. The smallest absolute Gasteiger partial charge is 0.408 e. The van der Waals surface area contributed by atoms with E-state index in [9.17, 15) is 9.59 Å². The van der Waals surface area contributed by atoms with Crippen LogP contribution in [0.1, 0.15) is 40.0 Å². The molecular formula is C20H26ClN3O3. The van der Waals surface area contributed by atoms with E-state index in [0.29, 0.717) is 18.1 Å². The van der Waals surface area contributed by atoms with Crippen LogP contribution in [0.4, 0.5) is 10.5 Å². The molecule has 1 saturated heterocycles. The Morgan fingerprint density at radius 1 is 1.15 bits per heavy atom. The molecular weight excluding hydrogens is 366 g/mol. The number of halogens is 1. The topological polar surface area (TPSA) is 61.9 Å². The Balaban J connectivity index is 1.32. The van der Waals surface area contributed by atoms with Gasteiger partial charge in [-0.05, 0) is 64.3 Å². The van der Waals surface area contributed by atoms with E-state index in [2.05, 4.69) is 10.2 Å². The molecule has 1 aliphatic heterocycles. The molecule has 1 N–H and O–H groups in total. The van der Waals surface area contributed by atoms with Gasteiger partial charge < -0.3 is 19.9 Å². The van der Waals surface area contributed by atoms with E-state index in [-0.39, 0.29) is 23.1 Å². The van der Waals surface area contributed by atoms with Gasteiger partial charge in [0.1, 0.15) is 5.60 Å². The molecule has 1 aromatic carbocycles. The van der Waals surface area contributed by atoms with E-state index in [1.165, 1.54) is 0 Å². The largest absolute Gasteiger partial charge is 0.444 e. The molecule has 0 aromatic heterocycles. The summed E-state index contributed by atoms with van der Waals surface area (Å²) in [7, 11) is 0. The lowest BCUT2D eigenvalue weighted by Gasteiger charge is -2.73. The highest BCUT2D eigenvalue weighted by Gasteiger charge is 2.72. The number of nitrogens with one attached hydrogen (secondary N) is 1. The number of carbonyl (C=O) groups excluding carboxylic acids is 2. The lowest BCUT2D eigenvalue weighted by molar-refractivity contribution is -0.189. The molecule has 1 aromatic rings. The fraction of sp³-hybridized carbons (Fsp3) is 0.600. The highest BCUT2D eigenvalue weighted by Crippen LogP contribution is 2.63. The fourth-order valence-corrected chi connectivity index (χ4v) is 4.85. The second kappa shape index (κ2) is 6.03. The van der Waals surface area contributed by atoms with Crippen molar-refractivity contribution in [2.24, 2.45) is 0 Å². The standard InChI is InChI=1S/C20H26ClN3O3/c1-18(2,3)27-17(26)22-19-11-20(12-19,13-19)24-9-8-23(10-16(24)25)15-6-4-14(21)5-7-15/h4-7H,8-13H2,1-3H3,(H,22,26). The Labute approximate surface area is 164 Å². The Bertz CT molecular complexity index is 752. The highest BCUT2D eigenvalue weighted by atomic mass is 35.5. The second-order valence-electron chi connectivity index (χ2n) is 9.11. The summed E-state index contributed by atoms with van der Waals surface area (Å²) in [6.45, 7) is 7.47. The molecule has 27 heavy (non-hydrogen) atoms. The van der Waals surface area contributed by atoms with Crippen LogP contribution in [0.3, 0.4) is 0 Å². The van der Waals surface area contributed by atoms with Crippen molar-refractivity contribution in [2.45, 2.75) is 56.7 Å². The molecule has 1 heterocycles. The number of benzene rings is 1. The van der Waals surface area contributed by atoms with Crippen LogP contribution < -0.4 is 10.2 Å². The normalized spacial score (nSPS) is 29.7. The molecule has 6 nitrogen and oxygen atoms in total. The molecule has 0 radical (unpaired) electrons. The van der Waals surface area contributed by atoms with Crippen molar-refractivity contribution in [1.29, 1.82) is 0 Å². The van der Waals surface area contributed by atoms with Gasteiger partial charge >= 0.3 is 6.09 Å². The average molecular weight is 392 g/mol. The number of alkyl carbamates (subject to hydrolysis) is 1. The number of ether oxygens (including phenoxy) is 1. The summed E-state index contributed by atoms with van der Waals surface area (Å²) < 4.78 is 5.36. The summed E-state index contributed by atoms with van der Waals surface area (Å²) in [5, 5.41) is 3.71. The number of hydrogen-bond acceptors (Lipinski definition) is 4. The summed E-state index contributed by atoms with van der Waals surface area (Å²) in [6.07, 6.45) is 2.11. The summed E-state index contributed by atoms with van der Waals surface area (Å²) in [5.41, 5.74) is 0.265. The van der Waals surface area contributed by atoms with Gasteiger partial charge in [-0.2, -0.15) is 0 Å². The van der Waals surface area contributed by atoms with Crippen molar-refractivity contribution in [1.82, 2.24) is 10.2 Å². The number of amides is 2. The van der Waals surface area contributed by atoms with Gasteiger partial charge in [0, 0.05) is 29.3 Å². The molecule has 0 unspecified atom stereocenters. The maximum absolute atomic E-state index is 12.8. The van der Waals surface area contributed by atoms with Crippen molar-refractivity contribution in [3.8, 4) is 0 Å². The number of carbonyl (C=O) groups is 2. The summed E-state index contributed by atoms with van der Waals surface area (Å²) in [6, 6.07) is 7.60. The Morgan fingerprint density at radius 2 is 1.78 bits per heavy atom. The first-order chi connectivity index (χ1) is 12.6. The van der Waals surface area contributed by atoms with Crippen LogP contribution in [-0.4, -0.2) is 53.2 Å². The monoisotopic (exact) mass is 391 g/mol. The van der Waals surface area contributed by atoms with E-state index in [1.807, 2.05) is 49.9 Å². The number of hydrogen-bond donors (Lipinski definition) is 1. The lowest BCUT2D eigenvalue weighted by Crippen LogP contribution is -2.85. The molecule has 2 bridgehead atoms. The van der Waals surface area contributed by atoms with Gasteiger partial charge in [0.15, 0.2) is 0 Å². The Morgan fingerprint density at radius 3 is 2.33 bits per heavy atom. The SMILES string of the molecule is CC(C)(C)OC(=O)NC12CC(N3CCN(c4ccc(Cl)cc4)CC3=O)(C1)C2. The van der Waals surface area contributed by atoms with Gasteiger partial charge in [-0.15, -0.1) is 0 Å². The van der Waals surface area contributed by atoms with Crippen LogP contribution in [0.5, 0.6) is 0 Å². The fourth-order valence-electron chi connectivity index (χ4n) is 4.72. The maximum Gasteiger partial charge on any atom is 0.408 e. The van der Waals surface area contributed by atoms with Crippen LogP contribution in [-0.2, 0) is 9.53 Å². The van der Waals surface area contributed by atoms with Crippen LogP contribution in [0, 0.1) is 0 Å². The summed E-state index contributed by atoms with van der Waals surface area (Å²) in [5.74, 6) is 0.154. The van der Waals surface area contributed by atoms with Gasteiger partial charge in [-0.1, -0.05) is 11.6 Å². The van der Waals surface area contributed by atoms with Crippen LogP contribution in [0.25, 0.3) is 0 Å². The molecule has 2 amide bonds. The quantitative estimate of drug-likeness (QED) is 0.859. The summed E-state index contributed by atoms with van der Waals surface area (Å²) >= 11 is 5.95. The zero-order chi connectivity index (χ0) is 19.4. The molecule has 146 valence electrons. The molecule has 4 fully saturated rings. The predicted molar refractivity (Wildman–Crippen MR) is 104 cm³/mol. The van der Waals surface area contributed by atoms with Crippen LogP contribution in [0.2, 0.25) is 5.02 Å². The minimum Gasteiger partial charge on any atom is -0.444 e. The molecule has 0 atom stereocenters. The molecule has 7 heteroatoms. The van der Waals surface area contributed by atoms with E-state index in [1.54, 1.807) is 0 Å². The molecule has 4 aliphatic rings. The lowest BCUT2D eigenvalue weighted by atomic mass is 9.43. The first kappa shape index (κ1) is 18.4. The number of rotatable bonds is 3. The van der Waals surface area contributed by atoms with E-state index < -0.39 is 5.60 Å². The van der Waals surface area contributed by atoms with E-state index in [0.717, 1.165) is 31.5 Å². The number of nitrogens with zero attached hydrogens (tertiary/aromatic N) is 2. The van der Waals surface area contributed by atoms with Gasteiger partial charge in [0.2, 0.25) is 5.91 Å². The van der Waals surface area contributed by atoms with Crippen LogP contribution in [0.15, 0.2) is 24.3 Å². The zero-order valence-corrected chi connectivity index (χ0v) is 16.8. The minimum atomic E-state index is -0.501. The van der Waals surface area contributed by atoms with Crippen molar-refractivity contribution in [3.63, 3.8) is 0 Å². The number of anilines is 1. The average Bonchev–Trinajstić information content (AvgIpc) is 2.49. The van der Waals surface area contributed by atoms with Gasteiger partial charge in [-0.25, -0.2) is 4.79 Å². The van der Waals surface area contributed by atoms with Gasteiger partial charge in [0.05, 0.1) is 12.1 Å². The Hall–Kier alpha value is -1.95. The third kappa shape index (κ3) is 3.35. The molecule has 0 spiro atoms. The van der Waals surface area contributed by atoms with Crippen molar-refractivity contribution in [2.75, 3.05) is 24.5 Å². The third-order valence-electron chi connectivity index (χ3n) is 5.75. The molecule has 3 saturated carbocycles. The van der Waals surface area contributed by atoms with Crippen molar-refractivity contribution < 1.29 is 14.3 Å². The van der Waals surface area contributed by atoms with Crippen LogP contribution >= 0.6 is 11.6 Å². The number of piperazine rings is 1. The zero-order valence-electron chi connectivity index (χ0n) is 16.0. The van der Waals surface area contributed by atoms with Crippen molar-refractivity contribution in [3.05, 3.63) is 29.3 Å². The highest BCUT2D eigenvalue weighted by molar-refractivity contribution is 6.30. The van der Waals surface area contributed by atoms with E-state index in [4.69, 9.17) is 16.3 Å². The van der Waals surface area contributed by atoms with E-state index >= 15 is 0 Å². The Kier molecular flexibility index (Phi) is 4.11. The van der Waals surface area contributed by atoms with Crippen molar-refractivity contribution >= 4 is 29.3 Å².